The number of methoxy groups -OCH3 is 2. The second kappa shape index (κ2) is 8.74. The number of anilines is 1. The van der Waals surface area contributed by atoms with Crippen LogP contribution in [0.15, 0.2) is 36.4 Å². The standard InChI is InChI=1S/C22H24ClNO5/c1-13(2)12-29-20-16(23)9-15(11-19(20)27-3)21(25)24-17-8-6-5-7-14(17)10-18(24)22(26)28-4/h5-9,11,13,18H,10,12H2,1-4H3. The maximum Gasteiger partial charge on any atom is 0.329 e. The van der Waals surface area contributed by atoms with Crippen LogP contribution in [0.4, 0.5) is 5.69 Å². The van der Waals surface area contributed by atoms with Crippen LogP contribution in [-0.4, -0.2) is 38.7 Å². The van der Waals surface area contributed by atoms with Gasteiger partial charge in [-0.15, -0.1) is 0 Å². The lowest BCUT2D eigenvalue weighted by Gasteiger charge is -2.24. The van der Waals surface area contributed by atoms with Gasteiger partial charge in [0.2, 0.25) is 0 Å². The molecule has 3 rings (SSSR count). The fraction of sp³-hybridized carbons (Fsp3) is 0.364. The van der Waals surface area contributed by atoms with Gasteiger partial charge in [0.15, 0.2) is 11.5 Å². The molecule has 0 fully saturated rings. The van der Waals surface area contributed by atoms with Crippen LogP contribution in [-0.2, 0) is 16.0 Å². The van der Waals surface area contributed by atoms with Crippen molar-refractivity contribution in [3.8, 4) is 11.5 Å². The van der Waals surface area contributed by atoms with Gasteiger partial charge in [0.05, 0.1) is 25.8 Å². The number of hydrogen-bond donors (Lipinski definition) is 0. The van der Waals surface area contributed by atoms with E-state index in [9.17, 15) is 9.59 Å². The van der Waals surface area contributed by atoms with Gasteiger partial charge < -0.3 is 14.2 Å². The number of esters is 1. The van der Waals surface area contributed by atoms with Crippen LogP contribution in [0.5, 0.6) is 11.5 Å². The lowest BCUT2D eigenvalue weighted by Crippen LogP contribution is -2.43. The molecule has 7 heteroatoms. The van der Waals surface area contributed by atoms with Crippen molar-refractivity contribution in [1.82, 2.24) is 0 Å². The summed E-state index contributed by atoms with van der Waals surface area (Å²) >= 11 is 6.41. The van der Waals surface area contributed by atoms with Crippen LogP contribution in [0.3, 0.4) is 0 Å². The molecule has 154 valence electrons. The summed E-state index contributed by atoms with van der Waals surface area (Å²) in [6.07, 6.45) is 0.398. The maximum absolute atomic E-state index is 13.4. The van der Waals surface area contributed by atoms with Gasteiger partial charge in [0.1, 0.15) is 6.04 Å². The molecule has 0 bridgehead atoms. The van der Waals surface area contributed by atoms with Crippen molar-refractivity contribution in [2.45, 2.75) is 26.3 Å². The third-order valence-electron chi connectivity index (χ3n) is 4.71. The quantitative estimate of drug-likeness (QED) is 0.661. The number of carbonyl (C=O) groups is 2. The number of fused-ring (bicyclic) bond motifs is 1. The zero-order chi connectivity index (χ0) is 21.1. The van der Waals surface area contributed by atoms with Gasteiger partial charge in [-0.1, -0.05) is 43.6 Å². The highest BCUT2D eigenvalue weighted by atomic mass is 35.5. The van der Waals surface area contributed by atoms with E-state index < -0.39 is 12.0 Å². The summed E-state index contributed by atoms with van der Waals surface area (Å²) in [4.78, 5) is 27.2. The lowest BCUT2D eigenvalue weighted by atomic mass is 10.1. The van der Waals surface area contributed by atoms with Crippen LogP contribution in [0, 0.1) is 5.92 Å². The molecule has 2 aromatic rings. The summed E-state index contributed by atoms with van der Waals surface area (Å²) in [6.45, 7) is 4.51. The fourth-order valence-corrected chi connectivity index (χ4v) is 3.60. The second-order valence-electron chi connectivity index (χ2n) is 7.24. The fourth-order valence-electron chi connectivity index (χ4n) is 3.33. The van der Waals surface area contributed by atoms with Gasteiger partial charge in [0, 0.05) is 17.7 Å². The monoisotopic (exact) mass is 417 g/mol. The van der Waals surface area contributed by atoms with Gasteiger partial charge in [-0.05, 0) is 29.7 Å². The summed E-state index contributed by atoms with van der Waals surface area (Å²) in [6, 6.07) is 9.81. The van der Waals surface area contributed by atoms with Crippen LogP contribution in [0.2, 0.25) is 5.02 Å². The zero-order valence-electron chi connectivity index (χ0n) is 16.9. The third-order valence-corrected chi connectivity index (χ3v) is 4.99. The average Bonchev–Trinajstić information content (AvgIpc) is 3.10. The number of ether oxygens (including phenoxy) is 3. The van der Waals surface area contributed by atoms with E-state index in [4.69, 9.17) is 25.8 Å². The maximum atomic E-state index is 13.4. The Morgan fingerprint density at radius 3 is 2.59 bits per heavy atom. The Morgan fingerprint density at radius 1 is 1.21 bits per heavy atom. The summed E-state index contributed by atoms with van der Waals surface area (Å²) in [5.41, 5.74) is 1.89. The summed E-state index contributed by atoms with van der Waals surface area (Å²) in [7, 11) is 2.80. The van der Waals surface area contributed by atoms with Crippen molar-refractivity contribution in [3.05, 3.63) is 52.5 Å². The Hall–Kier alpha value is -2.73. The number of benzene rings is 2. The van der Waals surface area contributed by atoms with Crippen molar-refractivity contribution in [3.63, 3.8) is 0 Å². The summed E-state index contributed by atoms with van der Waals surface area (Å²) < 4.78 is 16.1. The molecule has 0 saturated heterocycles. The molecule has 1 unspecified atom stereocenters. The average molecular weight is 418 g/mol. The van der Waals surface area contributed by atoms with Gasteiger partial charge >= 0.3 is 5.97 Å². The first-order chi connectivity index (χ1) is 13.9. The third kappa shape index (κ3) is 4.17. The summed E-state index contributed by atoms with van der Waals surface area (Å²) in [5, 5.41) is 0.274. The van der Waals surface area contributed by atoms with Gasteiger partial charge in [0.25, 0.3) is 5.91 Å². The van der Waals surface area contributed by atoms with E-state index in [0.717, 1.165) is 5.56 Å². The minimum absolute atomic E-state index is 0.274. The van der Waals surface area contributed by atoms with Crippen molar-refractivity contribution in [1.29, 1.82) is 0 Å². The Kier molecular flexibility index (Phi) is 6.33. The molecule has 1 atom stereocenters. The van der Waals surface area contributed by atoms with E-state index in [2.05, 4.69) is 0 Å². The molecule has 0 aromatic heterocycles. The molecule has 29 heavy (non-hydrogen) atoms. The zero-order valence-corrected chi connectivity index (χ0v) is 17.7. The van der Waals surface area contributed by atoms with Gasteiger partial charge in [-0.2, -0.15) is 0 Å². The first-order valence-corrected chi connectivity index (χ1v) is 9.74. The highest BCUT2D eigenvalue weighted by Gasteiger charge is 2.39. The normalized spacial score (nSPS) is 15.2. The molecule has 0 saturated carbocycles. The van der Waals surface area contributed by atoms with E-state index in [0.29, 0.717) is 41.7 Å². The summed E-state index contributed by atoms with van der Waals surface area (Å²) in [5.74, 6) is 0.235. The molecule has 1 amide bonds. The van der Waals surface area contributed by atoms with Gasteiger partial charge in [-0.3, -0.25) is 9.69 Å². The molecule has 1 heterocycles. The van der Waals surface area contributed by atoms with E-state index in [1.54, 1.807) is 6.07 Å². The molecule has 0 N–H and O–H groups in total. The smallest absolute Gasteiger partial charge is 0.329 e. The Labute approximate surface area is 175 Å². The van der Waals surface area contributed by atoms with E-state index in [-0.39, 0.29) is 10.9 Å². The lowest BCUT2D eigenvalue weighted by molar-refractivity contribution is -0.141. The molecule has 1 aliphatic heterocycles. The first-order valence-electron chi connectivity index (χ1n) is 9.37. The largest absolute Gasteiger partial charge is 0.493 e. The number of nitrogens with zero attached hydrogens (tertiary/aromatic N) is 1. The molecule has 1 aliphatic rings. The van der Waals surface area contributed by atoms with Crippen molar-refractivity contribution in [2.75, 3.05) is 25.7 Å². The molecule has 0 aliphatic carbocycles. The number of hydrogen-bond acceptors (Lipinski definition) is 5. The van der Waals surface area contributed by atoms with Crippen LogP contribution in [0.1, 0.15) is 29.8 Å². The minimum atomic E-state index is -0.730. The van der Waals surface area contributed by atoms with Crippen molar-refractivity contribution in [2.24, 2.45) is 5.92 Å². The number of amides is 1. The molecule has 2 aromatic carbocycles. The topological polar surface area (TPSA) is 65.1 Å². The van der Waals surface area contributed by atoms with Crippen LogP contribution in [0.25, 0.3) is 0 Å². The Balaban J connectivity index is 2.00. The molecular weight excluding hydrogens is 394 g/mol. The van der Waals surface area contributed by atoms with E-state index in [1.165, 1.54) is 25.2 Å². The van der Waals surface area contributed by atoms with Crippen molar-refractivity contribution < 1.29 is 23.8 Å². The van der Waals surface area contributed by atoms with E-state index >= 15 is 0 Å². The molecule has 0 radical (unpaired) electrons. The molecular formula is C22H24ClNO5. The molecule has 0 spiro atoms. The SMILES string of the molecule is COC(=O)C1Cc2ccccc2N1C(=O)c1cc(Cl)c(OCC(C)C)c(OC)c1. The highest BCUT2D eigenvalue weighted by molar-refractivity contribution is 6.33. The van der Waals surface area contributed by atoms with Crippen molar-refractivity contribution >= 4 is 29.2 Å². The Bertz CT molecular complexity index is 927. The molecule has 6 nitrogen and oxygen atoms in total. The first kappa shape index (κ1) is 21.0. The number of rotatable bonds is 6. The minimum Gasteiger partial charge on any atom is -0.493 e. The van der Waals surface area contributed by atoms with Crippen LogP contribution < -0.4 is 14.4 Å². The predicted molar refractivity (Wildman–Crippen MR) is 111 cm³/mol. The van der Waals surface area contributed by atoms with E-state index in [1.807, 2.05) is 38.1 Å². The predicted octanol–water partition coefficient (Wildman–Crippen LogP) is 4.13. The number of para-hydroxylation sites is 1. The number of halogens is 1. The second-order valence-corrected chi connectivity index (χ2v) is 7.65. The van der Waals surface area contributed by atoms with Gasteiger partial charge in [-0.25, -0.2) is 4.79 Å². The highest BCUT2D eigenvalue weighted by Crippen LogP contribution is 2.39. The number of carbonyl (C=O) groups excluding carboxylic acids is 2. The Morgan fingerprint density at radius 2 is 1.93 bits per heavy atom. The van der Waals surface area contributed by atoms with Crippen LogP contribution >= 0.6 is 11.6 Å².